The molecule has 0 heterocycles. The van der Waals surface area contributed by atoms with Crippen LogP contribution in [0.15, 0.2) is 18.2 Å². The summed E-state index contributed by atoms with van der Waals surface area (Å²) in [5.41, 5.74) is 2.39. The van der Waals surface area contributed by atoms with E-state index in [1.165, 1.54) is 43.2 Å². The van der Waals surface area contributed by atoms with Crippen molar-refractivity contribution in [1.82, 2.24) is 4.90 Å². The van der Waals surface area contributed by atoms with E-state index in [0.29, 0.717) is 19.2 Å². The molecule has 1 N–H and O–H groups in total. The van der Waals surface area contributed by atoms with Gasteiger partial charge in [-0.15, -0.1) is 12.4 Å². The zero-order chi connectivity index (χ0) is 15.2. The fraction of sp³-hybridized carbons (Fsp3) is 0.667. The van der Waals surface area contributed by atoms with Gasteiger partial charge in [0.2, 0.25) is 0 Å². The van der Waals surface area contributed by atoms with Crippen molar-refractivity contribution in [2.75, 3.05) is 20.2 Å². The van der Waals surface area contributed by atoms with Gasteiger partial charge in [-0.3, -0.25) is 0 Å². The van der Waals surface area contributed by atoms with Crippen LogP contribution in [0.3, 0.4) is 0 Å². The minimum absolute atomic E-state index is 0. The molecule has 3 nitrogen and oxygen atoms in total. The molecule has 0 bridgehead atoms. The quantitative estimate of drug-likeness (QED) is 0.864. The first-order valence-corrected chi connectivity index (χ1v) is 8.14. The van der Waals surface area contributed by atoms with E-state index >= 15 is 0 Å². The van der Waals surface area contributed by atoms with E-state index in [4.69, 9.17) is 4.74 Å². The largest absolute Gasteiger partial charge is 0.491 e. The van der Waals surface area contributed by atoms with Crippen molar-refractivity contribution in [3.05, 3.63) is 29.3 Å². The number of aryl methyl sites for hydroxylation is 2. The summed E-state index contributed by atoms with van der Waals surface area (Å²) < 4.78 is 5.74. The highest BCUT2D eigenvalue weighted by Gasteiger charge is 2.20. The fourth-order valence-electron chi connectivity index (χ4n) is 3.26. The summed E-state index contributed by atoms with van der Waals surface area (Å²) in [7, 11) is 2.12. The van der Waals surface area contributed by atoms with Crippen LogP contribution in [0.2, 0.25) is 0 Å². The third kappa shape index (κ3) is 6.15. The van der Waals surface area contributed by atoms with Gasteiger partial charge in [-0.1, -0.05) is 25.3 Å². The fourth-order valence-corrected chi connectivity index (χ4v) is 3.26. The first-order valence-electron chi connectivity index (χ1n) is 8.14. The molecule has 0 amide bonds. The summed E-state index contributed by atoms with van der Waals surface area (Å²) in [6, 6.07) is 6.80. The Balaban J connectivity index is 0.00000242. The second kappa shape index (κ2) is 9.39. The molecular weight excluding hydrogens is 298 g/mol. The van der Waals surface area contributed by atoms with Gasteiger partial charge in [0.15, 0.2) is 0 Å². The number of halogens is 1. The molecule has 0 radical (unpaired) electrons. The Kier molecular flexibility index (Phi) is 8.23. The molecule has 1 unspecified atom stereocenters. The van der Waals surface area contributed by atoms with Crippen molar-refractivity contribution >= 4 is 12.4 Å². The van der Waals surface area contributed by atoms with Gasteiger partial charge in [0.05, 0.1) is 0 Å². The second-order valence-corrected chi connectivity index (χ2v) is 6.52. The number of aliphatic hydroxyl groups is 1. The summed E-state index contributed by atoms with van der Waals surface area (Å²) in [5.74, 6) is 0.854. The van der Waals surface area contributed by atoms with Crippen LogP contribution in [0.5, 0.6) is 5.75 Å². The molecule has 1 aliphatic rings. The lowest BCUT2D eigenvalue weighted by Gasteiger charge is -2.32. The highest BCUT2D eigenvalue weighted by molar-refractivity contribution is 5.85. The topological polar surface area (TPSA) is 32.7 Å². The summed E-state index contributed by atoms with van der Waals surface area (Å²) in [4.78, 5) is 2.30. The van der Waals surface area contributed by atoms with Gasteiger partial charge in [-0.05, 0) is 57.0 Å². The minimum Gasteiger partial charge on any atom is -0.491 e. The zero-order valence-corrected chi connectivity index (χ0v) is 14.9. The normalized spacial score (nSPS) is 17.1. The Morgan fingerprint density at radius 2 is 1.73 bits per heavy atom. The Morgan fingerprint density at radius 1 is 1.14 bits per heavy atom. The first kappa shape index (κ1) is 19.3. The third-order valence-electron chi connectivity index (χ3n) is 4.33. The second-order valence-electron chi connectivity index (χ2n) is 6.52. The third-order valence-corrected chi connectivity index (χ3v) is 4.33. The van der Waals surface area contributed by atoms with Crippen LogP contribution in [0, 0.1) is 13.8 Å². The molecule has 1 aromatic rings. The monoisotopic (exact) mass is 327 g/mol. The van der Waals surface area contributed by atoms with E-state index in [9.17, 15) is 5.11 Å². The molecule has 1 aromatic carbocycles. The summed E-state index contributed by atoms with van der Waals surface area (Å²) in [6.45, 7) is 5.18. The van der Waals surface area contributed by atoms with E-state index < -0.39 is 6.10 Å². The predicted octanol–water partition coefficient (Wildman–Crippen LogP) is 3.73. The lowest BCUT2D eigenvalue weighted by atomic mass is 9.94. The van der Waals surface area contributed by atoms with E-state index in [-0.39, 0.29) is 12.4 Å². The average molecular weight is 328 g/mol. The summed E-state index contributed by atoms with van der Waals surface area (Å²) in [5, 5.41) is 10.2. The molecule has 1 saturated carbocycles. The van der Waals surface area contributed by atoms with Gasteiger partial charge in [0.25, 0.3) is 0 Å². The van der Waals surface area contributed by atoms with Crippen molar-refractivity contribution in [2.45, 2.75) is 58.1 Å². The number of hydrogen-bond acceptors (Lipinski definition) is 3. The predicted molar refractivity (Wildman–Crippen MR) is 94.2 cm³/mol. The number of hydrogen-bond donors (Lipinski definition) is 1. The van der Waals surface area contributed by atoms with E-state index in [2.05, 4.69) is 31.9 Å². The van der Waals surface area contributed by atoms with Gasteiger partial charge in [-0.2, -0.15) is 0 Å². The Bertz CT molecular complexity index is 426. The van der Waals surface area contributed by atoms with Gasteiger partial charge < -0.3 is 14.7 Å². The number of likely N-dealkylation sites (N-methyl/N-ethyl adjacent to an activating group) is 1. The molecule has 1 fully saturated rings. The minimum atomic E-state index is -0.433. The number of ether oxygens (including phenoxy) is 1. The van der Waals surface area contributed by atoms with E-state index in [1.807, 2.05) is 12.1 Å². The van der Waals surface area contributed by atoms with Gasteiger partial charge >= 0.3 is 0 Å². The first-order chi connectivity index (χ1) is 10.0. The zero-order valence-electron chi connectivity index (χ0n) is 14.0. The van der Waals surface area contributed by atoms with Crippen LogP contribution in [0.25, 0.3) is 0 Å². The van der Waals surface area contributed by atoms with Crippen molar-refractivity contribution in [2.24, 2.45) is 0 Å². The molecule has 1 atom stereocenters. The number of nitrogens with zero attached hydrogens (tertiary/aromatic N) is 1. The maximum Gasteiger partial charge on any atom is 0.119 e. The van der Waals surface area contributed by atoms with Gasteiger partial charge in [-0.25, -0.2) is 0 Å². The number of rotatable bonds is 6. The Morgan fingerprint density at radius 3 is 2.32 bits per heavy atom. The maximum absolute atomic E-state index is 10.2. The molecule has 0 aliphatic heterocycles. The van der Waals surface area contributed by atoms with Crippen molar-refractivity contribution in [3.63, 3.8) is 0 Å². The van der Waals surface area contributed by atoms with Crippen molar-refractivity contribution in [3.8, 4) is 5.75 Å². The maximum atomic E-state index is 10.2. The smallest absolute Gasteiger partial charge is 0.119 e. The van der Waals surface area contributed by atoms with Crippen LogP contribution in [-0.4, -0.2) is 42.4 Å². The molecular formula is C18H30ClNO2. The van der Waals surface area contributed by atoms with Crippen molar-refractivity contribution < 1.29 is 9.84 Å². The van der Waals surface area contributed by atoms with Crippen LogP contribution in [0.1, 0.15) is 43.2 Å². The van der Waals surface area contributed by atoms with Crippen molar-refractivity contribution in [1.29, 1.82) is 0 Å². The highest BCUT2D eigenvalue weighted by Crippen LogP contribution is 2.22. The van der Waals surface area contributed by atoms with Crippen LogP contribution in [-0.2, 0) is 0 Å². The molecule has 0 aromatic heterocycles. The highest BCUT2D eigenvalue weighted by atomic mass is 35.5. The van der Waals surface area contributed by atoms with E-state index in [0.717, 1.165) is 5.75 Å². The molecule has 0 saturated heterocycles. The van der Waals surface area contributed by atoms with Crippen LogP contribution >= 0.6 is 12.4 Å². The standard InChI is InChI=1S/C18H29NO2.ClH/c1-14-9-15(2)11-18(10-14)21-13-17(20)12-19(3)16-7-5-4-6-8-16;/h9-11,16-17,20H,4-8,12-13H2,1-3H3;1H. The Hall–Kier alpha value is -0.770. The van der Waals surface area contributed by atoms with Gasteiger partial charge in [0, 0.05) is 12.6 Å². The summed E-state index contributed by atoms with van der Waals surface area (Å²) in [6.07, 6.45) is 6.11. The van der Waals surface area contributed by atoms with Crippen LogP contribution < -0.4 is 4.74 Å². The molecule has 1 aliphatic carbocycles. The molecule has 22 heavy (non-hydrogen) atoms. The average Bonchev–Trinajstić information content (AvgIpc) is 2.45. The number of aliphatic hydroxyl groups excluding tert-OH is 1. The van der Waals surface area contributed by atoms with Crippen LogP contribution in [0.4, 0.5) is 0 Å². The molecule has 0 spiro atoms. The number of benzene rings is 1. The van der Waals surface area contributed by atoms with E-state index in [1.54, 1.807) is 0 Å². The summed E-state index contributed by atoms with van der Waals surface area (Å²) >= 11 is 0. The Labute approximate surface area is 141 Å². The van der Waals surface area contributed by atoms with Gasteiger partial charge in [0.1, 0.15) is 18.5 Å². The molecule has 126 valence electrons. The lowest BCUT2D eigenvalue weighted by molar-refractivity contribution is 0.0561. The SMILES string of the molecule is Cc1cc(C)cc(OCC(O)CN(C)C2CCCCC2)c1.Cl. The molecule has 4 heteroatoms. The molecule has 2 rings (SSSR count). The lowest BCUT2D eigenvalue weighted by Crippen LogP contribution is -2.40.